The van der Waals surface area contributed by atoms with Crippen molar-refractivity contribution in [1.82, 2.24) is 15.5 Å². The largest absolute Gasteiger partial charge is 0.508 e. The predicted octanol–water partition coefficient (Wildman–Crippen LogP) is 4.27. The molecule has 1 fully saturated rings. The first-order chi connectivity index (χ1) is 16.6. The number of likely N-dealkylation sites (N-methyl/N-ethyl adjacent to an activating group) is 1. The topological polar surface area (TPSA) is 85.9 Å². The number of phenolic OH excluding ortho intramolecular Hbond substituents is 1. The van der Waals surface area contributed by atoms with Gasteiger partial charge in [0.2, 0.25) is 0 Å². The Hall–Kier alpha value is -2.98. The fraction of sp³-hybridized carbons (Fsp3) is 0.480. The zero-order valence-electron chi connectivity index (χ0n) is 19.7. The molecule has 4 atom stereocenters. The molecule has 0 bridgehead atoms. The Kier molecular flexibility index (Phi) is 7.42. The fourth-order valence-corrected chi connectivity index (χ4v) is 4.76. The maximum atomic E-state index is 13.5. The van der Waals surface area contributed by atoms with E-state index in [1.54, 1.807) is 12.1 Å². The smallest absolute Gasteiger partial charge is 0.416 e. The molecule has 0 aromatic heterocycles. The minimum Gasteiger partial charge on any atom is -0.508 e. The fourth-order valence-electron chi connectivity index (χ4n) is 4.76. The van der Waals surface area contributed by atoms with Crippen LogP contribution < -0.4 is 16.0 Å². The van der Waals surface area contributed by atoms with Crippen LogP contribution in [0.5, 0.6) is 5.75 Å². The predicted molar refractivity (Wildman–Crippen MR) is 126 cm³/mol. The number of nitrogens with one attached hydrogen (secondary N) is 3. The van der Waals surface area contributed by atoms with Crippen LogP contribution in [-0.4, -0.2) is 55.9 Å². The van der Waals surface area contributed by atoms with Gasteiger partial charge in [0.25, 0.3) is 0 Å². The molecule has 0 aliphatic carbocycles. The van der Waals surface area contributed by atoms with Gasteiger partial charge < -0.3 is 30.7 Å². The van der Waals surface area contributed by atoms with Crippen LogP contribution in [0.25, 0.3) is 0 Å². The summed E-state index contributed by atoms with van der Waals surface area (Å²) in [6.07, 6.45) is -3.99. The highest BCUT2D eigenvalue weighted by atomic mass is 19.4. The standard InChI is InChI=1S/C25H31F3N4O3/c1-32(2)12-11-29-24(34)30-14-18-8-9-19-22(15-3-6-17(33)7-4-15)31-21-10-5-16(25(26,27)28)13-20(21)23(19)35-18/h3-7,10,13,18-19,22-23,31,33H,8-9,11-12,14H2,1-2H3,(H2,29,30,34)/t18-,19+,22+,23+/m1/s1. The average Bonchev–Trinajstić information content (AvgIpc) is 2.81. The Bertz CT molecular complexity index is 1030. The highest BCUT2D eigenvalue weighted by molar-refractivity contribution is 5.73. The Labute approximate surface area is 202 Å². The summed E-state index contributed by atoms with van der Waals surface area (Å²) >= 11 is 0. The number of halogens is 3. The van der Waals surface area contributed by atoms with Crippen molar-refractivity contribution in [1.29, 1.82) is 0 Å². The summed E-state index contributed by atoms with van der Waals surface area (Å²) in [5.41, 5.74) is 1.26. The van der Waals surface area contributed by atoms with Gasteiger partial charge in [-0.1, -0.05) is 12.1 Å². The first-order valence-corrected chi connectivity index (χ1v) is 11.7. The van der Waals surface area contributed by atoms with Crippen LogP contribution in [0.3, 0.4) is 0 Å². The number of nitrogens with zero attached hydrogens (tertiary/aromatic N) is 1. The van der Waals surface area contributed by atoms with Gasteiger partial charge in [-0.3, -0.25) is 0 Å². The van der Waals surface area contributed by atoms with Gasteiger partial charge in [-0.25, -0.2) is 4.79 Å². The first-order valence-electron chi connectivity index (χ1n) is 11.7. The number of aromatic hydroxyl groups is 1. The third-order valence-electron chi connectivity index (χ3n) is 6.56. The lowest BCUT2D eigenvalue weighted by Crippen LogP contribution is -2.46. The number of ether oxygens (including phenoxy) is 1. The summed E-state index contributed by atoms with van der Waals surface area (Å²) in [5.74, 6) is 0.0342. The van der Waals surface area contributed by atoms with Gasteiger partial charge in [0.1, 0.15) is 5.75 Å². The number of benzene rings is 2. The zero-order valence-corrected chi connectivity index (χ0v) is 19.7. The van der Waals surface area contributed by atoms with Crippen molar-refractivity contribution in [2.75, 3.05) is 39.0 Å². The lowest BCUT2D eigenvalue weighted by Gasteiger charge is -2.46. The third kappa shape index (κ3) is 5.99. The number of hydrogen-bond donors (Lipinski definition) is 4. The van der Waals surface area contributed by atoms with Crippen molar-refractivity contribution >= 4 is 11.7 Å². The molecule has 2 heterocycles. The molecule has 0 spiro atoms. The molecule has 7 nitrogen and oxygen atoms in total. The van der Waals surface area contributed by atoms with Gasteiger partial charge >= 0.3 is 12.2 Å². The number of urea groups is 1. The minimum atomic E-state index is -4.46. The van der Waals surface area contributed by atoms with Crippen LogP contribution in [0, 0.1) is 5.92 Å². The Morgan fingerprint density at radius 2 is 1.89 bits per heavy atom. The summed E-state index contributed by atoms with van der Waals surface area (Å²) in [5, 5.41) is 18.7. The average molecular weight is 493 g/mol. The Morgan fingerprint density at radius 3 is 2.57 bits per heavy atom. The quantitative estimate of drug-likeness (QED) is 0.484. The highest BCUT2D eigenvalue weighted by Gasteiger charge is 2.43. The number of anilines is 1. The maximum absolute atomic E-state index is 13.5. The molecule has 2 aliphatic heterocycles. The number of rotatable bonds is 6. The number of carbonyl (C=O) groups is 1. The van der Waals surface area contributed by atoms with E-state index in [1.807, 2.05) is 31.1 Å². The first kappa shape index (κ1) is 25.1. The van der Waals surface area contributed by atoms with Gasteiger partial charge in [0, 0.05) is 36.8 Å². The van der Waals surface area contributed by atoms with Crippen LogP contribution in [0.1, 0.15) is 41.7 Å². The molecule has 35 heavy (non-hydrogen) atoms. The molecule has 2 amide bonds. The van der Waals surface area contributed by atoms with Gasteiger partial charge in [0.15, 0.2) is 0 Å². The van der Waals surface area contributed by atoms with E-state index in [-0.39, 0.29) is 36.4 Å². The van der Waals surface area contributed by atoms with Crippen LogP contribution >= 0.6 is 0 Å². The van der Waals surface area contributed by atoms with Gasteiger partial charge in [-0.15, -0.1) is 0 Å². The van der Waals surface area contributed by atoms with E-state index in [0.717, 1.165) is 17.7 Å². The molecule has 0 radical (unpaired) electrons. The van der Waals surface area contributed by atoms with E-state index in [9.17, 15) is 23.1 Å². The van der Waals surface area contributed by atoms with Gasteiger partial charge in [-0.2, -0.15) is 13.2 Å². The molecule has 10 heteroatoms. The second kappa shape index (κ2) is 10.3. The lowest BCUT2D eigenvalue weighted by molar-refractivity contribution is -0.138. The number of phenols is 1. The van der Waals surface area contributed by atoms with E-state index in [0.29, 0.717) is 37.2 Å². The van der Waals surface area contributed by atoms with Crippen LogP contribution in [0.4, 0.5) is 23.7 Å². The van der Waals surface area contributed by atoms with Crippen molar-refractivity contribution < 1.29 is 27.8 Å². The van der Waals surface area contributed by atoms with Crippen LogP contribution in [0.15, 0.2) is 42.5 Å². The van der Waals surface area contributed by atoms with Gasteiger partial charge in [0.05, 0.1) is 23.8 Å². The normalized spacial score (nSPS) is 23.7. The van der Waals surface area contributed by atoms with Crippen molar-refractivity contribution in [2.24, 2.45) is 5.92 Å². The summed E-state index contributed by atoms with van der Waals surface area (Å²) in [6, 6.07) is 10.0. The van der Waals surface area contributed by atoms with E-state index in [4.69, 9.17) is 4.74 Å². The number of hydrogen-bond acceptors (Lipinski definition) is 5. The van der Waals surface area contributed by atoms with Crippen LogP contribution in [0.2, 0.25) is 0 Å². The molecule has 4 rings (SSSR count). The molecule has 4 N–H and O–H groups in total. The molecular weight excluding hydrogens is 461 g/mol. The van der Waals surface area contributed by atoms with Crippen LogP contribution in [-0.2, 0) is 10.9 Å². The number of fused-ring (bicyclic) bond motifs is 3. The molecule has 2 aromatic carbocycles. The SMILES string of the molecule is CN(C)CCNC(=O)NC[C@H]1CC[C@@H]2[C@H](O1)c1cc(C(F)(F)F)ccc1N[C@H]2c1ccc(O)cc1. The molecule has 2 aromatic rings. The summed E-state index contributed by atoms with van der Waals surface area (Å²) in [7, 11) is 3.83. The molecule has 2 aliphatic rings. The highest BCUT2D eigenvalue weighted by Crippen LogP contribution is 2.51. The zero-order chi connectivity index (χ0) is 25.2. The summed E-state index contributed by atoms with van der Waals surface area (Å²) in [4.78, 5) is 14.1. The van der Waals surface area contributed by atoms with Crippen molar-refractivity contribution in [2.45, 2.75) is 37.3 Å². The lowest BCUT2D eigenvalue weighted by atomic mass is 9.76. The number of carbonyl (C=O) groups excluding carboxylic acids is 1. The number of alkyl halides is 3. The maximum Gasteiger partial charge on any atom is 0.416 e. The number of amides is 2. The summed E-state index contributed by atoms with van der Waals surface area (Å²) < 4.78 is 46.7. The minimum absolute atomic E-state index is 0.110. The second-order valence-corrected chi connectivity index (χ2v) is 9.37. The van der Waals surface area contributed by atoms with E-state index in [1.165, 1.54) is 6.07 Å². The van der Waals surface area contributed by atoms with Gasteiger partial charge in [-0.05, 0) is 62.8 Å². The summed E-state index contributed by atoms with van der Waals surface area (Å²) in [6.45, 7) is 1.48. The Morgan fingerprint density at radius 1 is 1.14 bits per heavy atom. The van der Waals surface area contributed by atoms with Crippen molar-refractivity contribution in [3.05, 3.63) is 59.2 Å². The second-order valence-electron chi connectivity index (χ2n) is 9.37. The molecular formula is C25H31F3N4O3. The molecule has 190 valence electrons. The molecule has 1 saturated heterocycles. The van der Waals surface area contributed by atoms with Crippen molar-refractivity contribution in [3.8, 4) is 5.75 Å². The Balaban J connectivity index is 1.53. The van der Waals surface area contributed by atoms with Crippen molar-refractivity contribution in [3.63, 3.8) is 0 Å². The third-order valence-corrected chi connectivity index (χ3v) is 6.56. The van der Waals surface area contributed by atoms with E-state index >= 15 is 0 Å². The van der Waals surface area contributed by atoms with E-state index < -0.39 is 17.8 Å². The molecule has 0 unspecified atom stereocenters. The molecule has 0 saturated carbocycles. The van der Waals surface area contributed by atoms with E-state index in [2.05, 4.69) is 16.0 Å². The monoisotopic (exact) mass is 492 g/mol.